The molecule has 112 valence electrons. The zero-order valence-electron chi connectivity index (χ0n) is 11.5. The van der Waals surface area contributed by atoms with E-state index in [1.54, 1.807) is 18.2 Å². The van der Waals surface area contributed by atoms with E-state index >= 15 is 0 Å². The van der Waals surface area contributed by atoms with Crippen LogP contribution >= 0.6 is 0 Å². The number of aliphatic hydroxyl groups is 1. The number of likely N-dealkylation sites (tertiary alicyclic amines) is 1. The van der Waals surface area contributed by atoms with Gasteiger partial charge >= 0.3 is 0 Å². The van der Waals surface area contributed by atoms with Gasteiger partial charge < -0.3 is 15.7 Å². The fraction of sp³-hybridized carbons (Fsp3) is 0.571. The fourth-order valence-corrected chi connectivity index (χ4v) is 3.73. The molecule has 0 unspecified atom stereocenters. The molecule has 1 aromatic rings. The Balaban J connectivity index is 1.96. The van der Waals surface area contributed by atoms with Crippen molar-refractivity contribution in [3.8, 4) is 0 Å². The highest BCUT2D eigenvalue weighted by molar-refractivity contribution is 7.91. The van der Waals surface area contributed by atoms with E-state index in [2.05, 4.69) is 4.90 Å². The largest absolute Gasteiger partial charge is 0.393 e. The second-order valence-electron chi connectivity index (χ2n) is 5.24. The van der Waals surface area contributed by atoms with Crippen LogP contribution in [0.2, 0.25) is 0 Å². The quantitative estimate of drug-likeness (QED) is 0.821. The first-order valence-corrected chi connectivity index (χ1v) is 8.58. The summed E-state index contributed by atoms with van der Waals surface area (Å²) in [5, 5.41) is 9.43. The molecule has 0 aliphatic carbocycles. The lowest BCUT2D eigenvalue weighted by molar-refractivity contribution is 0.0855. The second-order valence-corrected chi connectivity index (χ2v) is 7.35. The van der Waals surface area contributed by atoms with Crippen molar-refractivity contribution in [3.05, 3.63) is 29.8 Å². The maximum atomic E-state index is 12.3. The highest BCUT2D eigenvalue weighted by atomic mass is 32.2. The summed E-state index contributed by atoms with van der Waals surface area (Å²) in [6.07, 6.45) is 1.22. The van der Waals surface area contributed by atoms with Crippen molar-refractivity contribution in [3.63, 3.8) is 0 Å². The molecule has 20 heavy (non-hydrogen) atoms. The van der Waals surface area contributed by atoms with E-state index in [0.29, 0.717) is 18.0 Å². The van der Waals surface area contributed by atoms with Crippen LogP contribution in [0.25, 0.3) is 0 Å². The molecule has 1 aromatic carbocycles. The number of aliphatic hydroxyl groups excluding tert-OH is 1. The number of hydrogen-bond donors (Lipinski definition) is 2. The van der Waals surface area contributed by atoms with E-state index in [0.717, 1.165) is 31.5 Å². The standard InChI is InChI=1S/C14H22N2O3S/c15-11-12-2-1-3-14(10-12)20(18,19)9-8-16-6-4-13(17)5-7-16/h1-3,10,13,17H,4-9,11,15H2. The summed E-state index contributed by atoms with van der Waals surface area (Å²) >= 11 is 0. The third kappa shape index (κ3) is 4.02. The van der Waals surface area contributed by atoms with Crippen LogP contribution in [-0.4, -0.2) is 49.9 Å². The Hall–Kier alpha value is -0.950. The highest BCUT2D eigenvalue weighted by Gasteiger charge is 2.20. The fourth-order valence-electron chi connectivity index (χ4n) is 2.38. The number of hydrogen-bond acceptors (Lipinski definition) is 5. The third-order valence-corrected chi connectivity index (χ3v) is 5.42. The predicted octanol–water partition coefficient (Wildman–Crippen LogP) is 0.376. The van der Waals surface area contributed by atoms with Crippen LogP contribution < -0.4 is 5.73 Å². The third-order valence-electron chi connectivity index (χ3n) is 3.73. The minimum absolute atomic E-state index is 0.108. The van der Waals surface area contributed by atoms with E-state index in [-0.39, 0.29) is 11.9 Å². The van der Waals surface area contributed by atoms with Gasteiger partial charge in [0.2, 0.25) is 0 Å². The van der Waals surface area contributed by atoms with Crippen molar-refractivity contribution in [2.24, 2.45) is 5.73 Å². The Morgan fingerprint density at radius 2 is 2.00 bits per heavy atom. The van der Waals surface area contributed by atoms with Crippen LogP contribution in [0, 0.1) is 0 Å². The van der Waals surface area contributed by atoms with Crippen LogP contribution in [0.1, 0.15) is 18.4 Å². The van der Waals surface area contributed by atoms with Gasteiger partial charge in [-0.25, -0.2) is 8.42 Å². The van der Waals surface area contributed by atoms with E-state index in [1.807, 2.05) is 6.07 Å². The highest BCUT2D eigenvalue weighted by Crippen LogP contribution is 2.15. The van der Waals surface area contributed by atoms with Crippen LogP contribution in [0.3, 0.4) is 0 Å². The Bertz CT molecular complexity index is 537. The molecule has 0 bridgehead atoms. The minimum Gasteiger partial charge on any atom is -0.393 e. The lowest BCUT2D eigenvalue weighted by Gasteiger charge is -2.29. The van der Waals surface area contributed by atoms with Crippen molar-refractivity contribution in [1.82, 2.24) is 4.90 Å². The zero-order valence-corrected chi connectivity index (χ0v) is 12.3. The second kappa shape index (κ2) is 6.67. The number of rotatable bonds is 5. The number of piperidine rings is 1. The van der Waals surface area contributed by atoms with Gasteiger partial charge in [-0.05, 0) is 30.5 Å². The SMILES string of the molecule is NCc1cccc(S(=O)(=O)CCN2CCC(O)CC2)c1. The van der Waals surface area contributed by atoms with E-state index < -0.39 is 9.84 Å². The molecule has 0 radical (unpaired) electrons. The summed E-state index contributed by atoms with van der Waals surface area (Å²) in [4.78, 5) is 2.44. The van der Waals surface area contributed by atoms with Crippen LogP contribution in [0.15, 0.2) is 29.2 Å². The van der Waals surface area contributed by atoms with Crippen molar-refractivity contribution in [1.29, 1.82) is 0 Å². The van der Waals surface area contributed by atoms with Gasteiger partial charge in [0.25, 0.3) is 0 Å². The van der Waals surface area contributed by atoms with E-state index in [4.69, 9.17) is 5.73 Å². The number of nitrogens with zero attached hydrogens (tertiary/aromatic N) is 1. The van der Waals surface area contributed by atoms with Gasteiger partial charge in [0.05, 0.1) is 16.8 Å². The maximum Gasteiger partial charge on any atom is 0.179 e. The monoisotopic (exact) mass is 298 g/mol. The van der Waals surface area contributed by atoms with Gasteiger partial charge in [0.15, 0.2) is 9.84 Å². The molecular weight excluding hydrogens is 276 g/mol. The van der Waals surface area contributed by atoms with Gasteiger partial charge in [-0.3, -0.25) is 0 Å². The summed E-state index contributed by atoms with van der Waals surface area (Å²) in [6, 6.07) is 6.82. The molecule has 0 amide bonds. The number of benzene rings is 1. The summed E-state index contributed by atoms with van der Waals surface area (Å²) in [5.41, 5.74) is 6.37. The van der Waals surface area contributed by atoms with Crippen molar-refractivity contribution >= 4 is 9.84 Å². The Morgan fingerprint density at radius 1 is 1.30 bits per heavy atom. The molecule has 2 rings (SSSR count). The summed E-state index contributed by atoms with van der Waals surface area (Å²) in [5.74, 6) is 0.108. The lowest BCUT2D eigenvalue weighted by Crippen LogP contribution is -2.38. The Kier molecular flexibility index (Phi) is 5.15. The predicted molar refractivity (Wildman–Crippen MR) is 78.1 cm³/mol. The normalized spacial score (nSPS) is 18.3. The summed E-state index contributed by atoms with van der Waals surface area (Å²) in [7, 11) is -3.27. The molecule has 3 N–H and O–H groups in total. The zero-order chi connectivity index (χ0) is 14.6. The lowest BCUT2D eigenvalue weighted by atomic mass is 10.1. The molecule has 1 saturated heterocycles. The topological polar surface area (TPSA) is 83.6 Å². The van der Waals surface area contributed by atoms with Crippen molar-refractivity contribution in [2.45, 2.75) is 30.4 Å². The van der Waals surface area contributed by atoms with Gasteiger partial charge in [-0.2, -0.15) is 0 Å². The molecule has 1 aliphatic rings. The van der Waals surface area contributed by atoms with Gasteiger partial charge in [0.1, 0.15) is 0 Å². The Labute approximate surface area is 120 Å². The first-order chi connectivity index (χ1) is 9.51. The molecular formula is C14H22N2O3S. The summed E-state index contributed by atoms with van der Waals surface area (Å²) in [6.45, 7) is 2.38. The Morgan fingerprint density at radius 3 is 2.65 bits per heavy atom. The molecule has 0 spiro atoms. The van der Waals surface area contributed by atoms with Crippen molar-refractivity contribution in [2.75, 3.05) is 25.4 Å². The summed E-state index contributed by atoms with van der Waals surface area (Å²) < 4.78 is 24.6. The molecule has 5 nitrogen and oxygen atoms in total. The molecule has 0 saturated carbocycles. The number of nitrogens with two attached hydrogens (primary N) is 1. The molecule has 6 heteroatoms. The first-order valence-electron chi connectivity index (χ1n) is 6.93. The van der Waals surface area contributed by atoms with E-state index in [9.17, 15) is 13.5 Å². The van der Waals surface area contributed by atoms with Crippen molar-refractivity contribution < 1.29 is 13.5 Å². The number of sulfone groups is 1. The van der Waals surface area contributed by atoms with E-state index in [1.165, 1.54) is 0 Å². The average molecular weight is 298 g/mol. The van der Waals surface area contributed by atoms with Gasteiger partial charge in [-0.1, -0.05) is 12.1 Å². The van der Waals surface area contributed by atoms with Crippen LogP contribution in [-0.2, 0) is 16.4 Å². The molecule has 0 atom stereocenters. The minimum atomic E-state index is -3.27. The smallest absolute Gasteiger partial charge is 0.179 e. The maximum absolute atomic E-state index is 12.3. The molecule has 1 aliphatic heterocycles. The molecule has 0 aromatic heterocycles. The first kappa shape index (κ1) is 15.4. The average Bonchev–Trinajstić information content (AvgIpc) is 2.47. The van der Waals surface area contributed by atoms with Crippen LogP contribution in [0.4, 0.5) is 0 Å². The van der Waals surface area contributed by atoms with Crippen LogP contribution in [0.5, 0.6) is 0 Å². The molecule has 1 fully saturated rings. The van der Waals surface area contributed by atoms with Gasteiger partial charge in [0, 0.05) is 26.2 Å². The van der Waals surface area contributed by atoms with Gasteiger partial charge in [-0.15, -0.1) is 0 Å². The molecule has 1 heterocycles.